The van der Waals surface area contributed by atoms with Gasteiger partial charge in [-0.25, -0.2) is 4.68 Å². The minimum Gasteiger partial charge on any atom is -0.233 e. The van der Waals surface area contributed by atoms with Crippen LogP contribution in [0.3, 0.4) is 0 Å². The first-order chi connectivity index (χ1) is 5.34. The standard InChI is InChI=1S/C7H13N4/c1-3-4-5-6-7-8-9-10-11(7)2/h1,3-6H2,2H3. The normalized spacial score (nSPS) is 10.4. The highest BCUT2D eigenvalue weighted by atomic mass is 15.5. The van der Waals surface area contributed by atoms with Gasteiger partial charge in [0.1, 0.15) is 0 Å². The topological polar surface area (TPSA) is 43.6 Å². The molecule has 0 spiro atoms. The van der Waals surface area contributed by atoms with Crippen LogP contribution in [0.25, 0.3) is 0 Å². The predicted molar refractivity (Wildman–Crippen MR) is 41.7 cm³/mol. The summed E-state index contributed by atoms with van der Waals surface area (Å²) in [6.45, 7) is 3.77. The number of hydrogen-bond acceptors (Lipinski definition) is 3. The number of rotatable bonds is 4. The van der Waals surface area contributed by atoms with Gasteiger partial charge in [0.15, 0.2) is 5.82 Å². The van der Waals surface area contributed by atoms with Gasteiger partial charge in [0.2, 0.25) is 0 Å². The predicted octanol–water partition coefficient (Wildman–Crippen LogP) is 0.757. The zero-order chi connectivity index (χ0) is 8.10. The lowest BCUT2D eigenvalue weighted by atomic mass is 10.2. The quantitative estimate of drug-likeness (QED) is 0.600. The van der Waals surface area contributed by atoms with Crippen molar-refractivity contribution in [2.75, 3.05) is 0 Å². The van der Waals surface area contributed by atoms with E-state index in [9.17, 15) is 0 Å². The molecule has 0 unspecified atom stereocenters. The summed E-state index contributed by atoms with van der Waals surface area (Å²) in [7, 11) is 1.86. The molecule has 1 rings (SSSR count). The largest absolute Gasteiger partial charge is 0.233 e. The Hall–Kier alpha value is -0.930. The van der Waals surface area contributed by atoms with E-state index in [4.69, 9.17) is 0 Å². The number of unbranched alkanes of at least 4 members (excludes halogenated alkanes) is 2. The Bertz CT molecular complexity index is 206. The minimum absolute atomic E-state index is 0.957. The number of aryl methyl sites for hydroxylation is 2. The van der Waals surface area contributed by atoms with Crippen LogP contribution in [0.2, 0.25) is 0 Å². The summed E-state index contributed by atoms with van der Waals surface area (Å²) in [5.41, 5.74) is 0. The smallest absolute Gasteiger partial charge is 0.150 e. The molecule has 0 saturated heterocycles. The highest BCUT2D eigenvalue weighted by molar-refractivity contribution is 4.78. The molecule has 4 nitrogen and oxygen atoms in total. The zero-order valence-corrected chi connectivity index (χ0v) is 6.82. The second kappa shape index (κ2) is 4.05. The third-order valence-electron chi connectivity index (χ3n) is 1.61. The molecule has 1 aromatic heterocycles. The van der Waals surface area contributed by atoms with Crippen molar-refractivity contribution in [1.82, 2.24) is 20.2 Å². The van der Waals surface area contributed by atoms with Crippen molar-refractivity contribution in [3.63, 3.8) is 0 Å². The molecule has 1 radical (unpaired) electrons. The molecule has 0 aromatic carbocycles. The molecule has 1 aromatic rings. The Balaban J connectivity index is 2.32. The van der Waals surface area contributed by atoms with Gasteiger partial charge < -0.3 is 0 Å². The van der Waals surface area contributed by atoms with Gasteiger partial charge in [-0.1, -0.05) is 19.8 Å². The van der Waals surface area contributed by atoms with Crippen LogP contribution in [0.15, 0.2) is 0 Å². The van der Waals surface area contributed by atoms with E-state index in [-0.39, 0.29) is 0 Å². The van der Waals surface area contributed by atoms with Crippen LogP contribution >= 0.6 is 0 Å². The number of hydrogen-bond donors (Lipinski definition) is 0. The van der Waals surface area contributed by atoms with Gasteiger partial charge in [0.25, 0.3) is 0 Å². The van der Waals surface area contributed by atoms with E-state index in [0.717, 1.165) is 31.5 Å². The molecule has 0 aliphatic heterocycles. The SMILES string of the molecule is [CH2]CCCCc1nnnn1C. The van der Waals surface area contributed by atoms with Gasteiger partial charge in [-0.2, -0.15) is 0 Å². The van der Waals surface area contributed by atoms with Crippen LogP contribution in [0.5, 0.6) is 0 Å². The second-order valence-electron chi connectivity index (χ2n) is 2.53. The first-order valence-corrected chi connectivity index (χ1v) is 3.85. The van der Waals surface area contributed by atoms with E-state index >= 15 is 0 Å². The molecule has 0 amide bonds. The van der Waals surface area contributed by atoms with Gasteiger partial charge in [-0.05, 0) is 16.8 Å². The van der Waals surface area contributed by atoms with Crippen molar-refractivity contribution in [3.05, 3.63) is 12.7 Å². The van der Waals surface area contributed by atoms with E-state index in [0.29, 0.717) is 0 Å². The lowest BCUT2D eigenvalue weighted by molar-refractivity contribution is 0.644. The van der Waals surface area contributed by atoms with Crippen molar-refractivity contribution < 1.29 is 0 Å². The second-order valence-corrected chi connectivity index (χ2v) is 2.53. The van der Waals surface area contributed by atoms with Crippen LogP contribution in [-0.4, -0.2) is 20.2 Å². The van der Waals surface area contributed by atoms with E-state index < -0.39 is 0 Å². The molecule has 1 heterocycles. The van der Waals surface area contributed by atoms with Crippen molar-refractivity contribution >= 4 is 0 Å². The molecule has 0 saturated carbocycles. The molecule has 0 atom stereocenters. The van der Waals surface area contributed by atoms with Crippen molar-refractivity contribution in [1.29, 1.82) is 0 Å². The maximum Gasteiger partial charge on any atom is 0.150 e. The molecule has 4 heteroatoms. The van der Waals surface area contributed by atoms with Gasteiger partial charge in [0.05, 0.1) is 0 Å². The number of nitrogens with zero attached hydrogens (tertiary/aromatic N) is 4. The van der Waals surface area contributed by atoms with Crippen molar-refractivity contribution in [3.8, 4) is 0 Å². The number of aromatic nitrogens is 4. The maximum atomic E-state index is 3.87. The first-order valence-electron chi connectivity index (χ1n) is 3.85. The third kappa shape index (κ3) is 2.29. The molecule has 11 heavy (non-hydrogen) atoms. The fraction of sp³-hybridized carbons (Fsp3) is 0.714. The molecule has 0 aliphatic carbocycles. The number of tetrazole rings is 1. The summed E-state index contributed by atoms with van der Waals surface area (Å²) < 4.78 is 1.71. The molecule has 0 bridgehead atoms. The van der Waals surface area contributed by atoms with E-state index in [1.54, 1.807) is 4.68 Å². The summed E-state index contributed by atoms with van der Waals surface area (Å²) in [4.78, 5) is 0. The lowest BCUT2D eigenvalue weighted by Crippen LogP contribution is -1.99. The van der Waals surface area contributed by atoms with Crippen molar-refractivity contribution in [2.45, 2.75) is 25.7 Å². The summed E-state index contributed by atoms with van der Waals surface area (Å²) >= 11 is 0. The Kier molecular flexibility index (Phi) is 3.01. The highest BCUT2D eigenvalue weighted by Crippen LogP contribution is 2.00. The van der Waals surface area contributed by atoms with Gasteiger partial charge in [-0.3, -0.25) is 0 Å². The Labute approximate surface area is 66.6 Å². The fourth-order valence-electron chi connectivity index (χ4n) is 0.920. The average Bonchev–Trinajstić information content (AvgIpc) is 2.37. The molecular weight excluding hydrogens is 140 g/mol. The van der Waals surface area contributed by atoms with Crippen molar-refractivity contribution in [2.24, 2.45) is 7.05 Å². The van der Waals surface area contributed by atoms with Gasteiger partial charge >= 0.3 is 0 Å². The summed E-state index contributed by atoms with van der Waals surface area (Å²) in [6.07, 6.45) is 4.22. The molecule has 0 aliphatic rings. The summed E-state index contributed by atoms with van der Waals surface area (Å²) in [6, 6.07) is 0. The van der Waals surface area contributed by atoms with Gasteiger partial charge in [0, 0.05) is 13.5 Å². The van der Waals surface area contributed by atoms with E-state index in [2.05, 4.69) is 22.4 Å². The molecular formula is C7H13N4. The van der Waals surface area contributed by atoms with Crippen LogP contribution < -0.4 is 0 Å². The molecule has 0 N–H and O–H groups in total. The average molecular weight is 153 g/mol. The first kappa shape index (κ1) is 8.17. The van der Waals surface area contributed by atoms with Crippen LogP contribution in [0, 0.1) is 6.92 Å². The summed E-state index contributed by atoms with van der Waals surface area (Å²) in [5.74, 6) is 0.957. The molecule has 0 fully saturated rings. The minimum atomic E-state index is 0.957. The van der Waals surface area contributed by atoms with Crippen LogP contribution in [0.4, 0.5) is 0 Å². The summed E-state index contributed by atoms with van der Waals surface area (Å²) in [5, 5.41) is 11.2. The Morgan fingerprint density at radius 1 is 1.45 bits per heavy atom. The Morgan fingerprint density at radius 2 is 2.27 bits per heavy atom. The zero-order valence-electron chi connectivity index (χ0n) is 6.82. The monoisotopic (exact) mass is 153 g/mol. The van der Waals surface area contributed by atoms with Crippen LogP contribution in [-0.2, 0) is 13.5 Å². The van der Waals surface area contributed by atoms with Gasteiger partial charge in [-0.15, -0.1) is 5.10 Å². The fourth-order valence-corrected chi connectivity index (χ4v) is 0.920. The maximum absolute atomic E-state index is 3.87. The van der Waals surface area contributed by atoms with Crippen LogP contribution in [0.1, 0.15) is 25.1 Å². The third-order valence-corrected chi connectivity index (χ3v) is 1.61. The van der Waals surface area contributed by atoms with E-state index in [1.807, 2.05) is 7.05 Å². The molecule has 61 valence electrons. The lowest BCUT2D eigenvalue weighted by Gasteiger charge is -1.95. The highest BCUT2D eigenvalue weighted by Gasteiger charge is 1.99. The Morgan fingerprint density at radius 3 is 2.82 bits per heavy atom. The van der Waals surface area contributed by atoms with E-state index in [1.165, 1.54) is 0 Å².